The van der Waals surface area contributed by atoms with Crippen LogP contribution in [0.2, 0.25) is 0 Å². The van der Waals surface area contributed by atoms with Gasteiger partial charge in [-0.15, -0.1) is 0 Å². The predicted octanol–water partition coefficient (Wildman–Crippen LogP) is 2.31. The summed E-state index contributed by atoms with van der Waals surface area (Å²) < 4.78 is 3.07. The molecule has 30 heavy (non-hydrogen) atoms. The summed E-state index contributed by atoms with van der Waals surface area (Å²) in [5.74, 6) is 2.98. The second-order valence-corrected chi connectivity index (χ2v) is 9.63. The minimum atomic E-state index is -0.283. The molecule has 3 aromatic rings. The highest BCUT2D eigenvalue weighted by molar-refractivity contribution is 5.95. The number of amides is 1. The monoisotopic (exact) mass is 407 g/mol. The quantitative estimate of drug-likeness (QED) is 0.692. The van der Waals surface area contributed by atoms with Crippen molar-refractivity contribution < 1.29 is 4.79 Å². The minimum Gasteiger partial charge on any atom is -0.310 e. The Balaban J connectivity index is 1.36. The fourth-order valence-corrected chi connectivity index (χ4v) is 6.51. The summed E-state index contributed by atoms with van der Waals surface area (Å²) in [6.07, 6.45) is 8.35. The third kappa shape index (κ3) is 2.57. The van der Waals surface area contributed by atoms with Gasteiger partial charge in [0.2, 0.25) is 11.9 Å². The molecule has 4 fully saturated rings. The van der Waals surface area contributed by atoms with E-state index in [4.69, 9.17) is 0 Å². The van der Waals surface area contributed by atoms with Crippen molar-refractivity contribution in [2.75, 3.05) is 5.32 Å². The van der Waals surface area contributed by atoms with Crippen LogP contribution in [0.4, 0.5) is 5.82 Å². The fraction of sp³-hybridized carbons (Fsp3) is 0.571. The third-order valence-corrected chi connectivity index (χ3v) is 7.38. The molecule has 0 radical (unpaired) electrons. The molecule has 4 bridgehead atoms. The van der Waals surface area contributed by atoms with Crippen LogP contribution in [0, 0.1) is 30.1 Å². The molecular weight excluding hydrogens is 382 g/mol. The number of fused-ring (bicyclic) bond motifs is 1. The van der Waals surface area contributed by atoms with Crippen molar-refractivity contribution in [3.8, 4) is 5.95 Å². The average Bonchev–Trinajstić information content (AvgIpc) is 3.23. The number of carbonyl (C=O) groups excluding carboxylic acids is 1. The van der Waals surface area contributed by atoms with Crippen molar-refractivity contribution in [2.45, 2.75) is 45.4 Å². The Morgan fingerprint density at radius 3 is 2.53 bits per heavy atom. The maximum atomic E-state index is 13.5. The number of aromatic amines is 1. The Kier molecular flexibility index (Phi) is 3.58. The zero-order chi connectivity index (χ0) is 20.6. The van der Waals surface area contributed by atoms with E-state index < -0.39 is 0 Å². The number of nitrogens with zero attached hydrogens (tertiary/aromatic N) is 5. The topological polar surface area (TPSA) is 110 Å². The molecule has 0 aliphatic heterocycles. The summed E-state index contributed by atoms with van der Waals surface area (Å²) in [7, 11) is 1.74. The Morgan fingerprint density at radius 1 is 1.20 bits per heavy atom. The Hall–Kier alpha value is -2.97. The molecule has 0 unspecified atom stereocenters. The summed E-state index contributed by atoms with van der Waals surface area (Å²) in [6, 6.07) is 1.83. The fourth-order valence-electron chi connectivity index (χ4n) is 6.51. The first-order chi connectivity index (χ1) is 14.4. The average molecular weight is 407 g/mol. The lowest BCUT2D eigenvalue weighted by Crippen LogP contribution is -2.51. The van der Waals surface area contributed by atoms with E-state index in [-0.39, 0.29) is 22.8 Å². The molecule has 3 aromatic heterocycles. The van der Waals surface area contributed by atoms with E-state index in [0.29, 0.717) is 34.6 Å². The van der Waals surface area contributed by atoms with E-state index in [1.807, 2.05) is 13.0 Å². The van der Waals surface area contributed by atoms with E-state index in [1.54, 1.807) is 11.7 Å². The van der Waals surface area contributed by atoms with Crippen LogP contribution < -0.4 is 10.9 Å². The number of H-pyrrole nitrogens is 1. The minimum absolute atomic E-state index is 0.0895. The van der Waals surface area contributed by atoms with Crippen molar-refractivity contribution in [3.05, 3.63) is 28.3 Å². The van der Waals surface area contributed by atoms with Gasteiger partial charge >= 0.3 is 0 Å². The lowest BCUT2D eigenvalue weighted by atomic mass is 9.49. The van der Waals surface area contributed by atoms with Crippen LogP contribution >= 0.6 is 0 Å². The van der Waals surface area contributed by atoms with Crippen molar-refractivity contribution in [2.24, 2.45) is 30.2 Å². The molecule has 3 heterocycles. The maximum absolute atomic E-state index is 13.5. The SMILES string of the molecule is Cc1cc(NC(=O)C23CC4CC(CC(C4)C2)C3)n(-c2nc3c(cnn3C)c(=O)[nH]2)n1. The van der Waals surface area contributed by atoms with E-state index in [9.17, 15) is 9.59 Å². The van der Waals surface area contributed by atoms with Crippen LogP contribution in [0.25, 0.3) is 17.0 Å². The van der Waals surface area contributed by atoms with Gasteiger partial charge in [-0.3, -0.25) is 19.3 Å². The second-order valence-electron chi connectivity index (χ2n) is 9.63. The zero-order valence-corrected chi connectivity index (χ0v) is 17.2. The van der Waals surface area contributed by atoms with Gasteiger partial charge in [0.05, 0.1) is 17.3 Å². The lowest BCUT2D eigenvalue weighted by molar-refractivity contribution is -0.140. The predicted molar refractivity (Wildman–Crippen MR) is 110 cm³/mol. The molecule has 7 rings (SSSR count). The van der Waals surface area contributed by atoms with E-state index in [1.165, 1.54) is 30.1 Å². The van der Waals surface area contributed by atoms with Crippen LogP contribution in [-0.2, 0) is 11.8 Å². The Labute approximate surface area is 172 Å². The number of anilines is 1. The molecule has 9 nitrogen and oxygen atoms in total. The second kappa shape index (κ2) is 6.02. The molecule has 156 valence electrons. The van der Waals surface area contributed by atoms with Crippen LogP contribution in [0.5, 0.6) is 0 Å². The first kappa shape index (κ1) is 17.9. The number of carbonyl (C=O) groups is 1. The number of rotatable bonds is 3. The van der Waals surface area contributed by atoms with Gasteiger partial charge in [0.1, 0.15) is 11.2 Å². The largest absolute Gasteiger partial charge is 0.310 e. The van der Waals surface area contributed by atoms with Gasteiger partial charge in [0.15, 0.2) is 5.65 Å². The van der Waals surface area contributed by atoms with Gasteiger partial charge in [0.25, 0.3) is 5.56 Å². The molecule has 4 aliphatic carbocycles. The van der Waals surface area contributed by atoms with Gasteiger partial charge in [-0.1, -0.05) is 0 Å². The van der Waals surface area contributed by atoms with Crippen LogP contribution in [0.3, 0.4) is 0 Å². The molecule has 0 atom stereocenters. The number of nitrogens with one attached hydrogen (secondary N) is 2. The van der Waals surface area contributed by atoms with Gasteiger partial charge < -0.3 is 5.32 Å². The zero-order valence-electron chi connectivity index (χ0n) is 17.2. The van der Waals surface area contributed by atoms with Gasteiger partial charge in [-0.05, 0) is 63.2 Å². The molecule has 0 spiro atoms. The summed E-state index contributed by atoms with van der Waals surface area (Å²) in [5.41, 5.74) is 0.670. The lowest BCUT2D eigenvalue weighted by Gasteiger charge is -2.55. The first-order valence-corrected chi connectivity index (χ1v) is 10.7. The van der Waals surface area contributed by atoms with E-state index >= 15 is 0 Å². The highest BCUT2D eigenvalue weighted by Gasteiger charge is 2.54. The molecule has 2 N–H and O–H groups in total. The van der Waals surface area contributed by atoms with Crippen molar-refractivity contribution in [1.82, 2.24) is 29.5 Å². The van der Waals surface area contributed by atoms with Crippen molar-refractivity contribution in [3.63, 3.8) is 0 Å². The van der Waals surface area contributed by atoms with Crippen LogP contribution in [0.15, 0.2) is 17.1 Å². The third-order valence-electron chi connectivity index (χ3n) is 7.38. The summed E-state index contributed by atoms with van der Waals surface area (Å²) >= 11 is 0. The smallest absolute Gasteiger partial charge is 0.263 e. The number of aromatic nitrogens is 6. The first-order valence-electron chi connectivity index (χ1n) is 10.7. The van der Waals surface area contributed by atoms with Crippen molar-refractivity contribution >= 4 is 22.8 Å². The van der Waals surface area contributed by atoms with Crippen molar-refractivity contribution in [1.29, 1.82) is 0 Å². The van der Waals surface area contributed by atoms with Gasteiger partial charge in [-0.25, -0.2) is 0 Å². The Morgan fingerprint density at radius 2 is 1.87 bits per heavy atom. The Bertz CT molecular complexity index is 1200. The molecule has 0 aromatic carbocycles. The molecule has 9 heteroatoms. The summed E-state index contributed by atoms with van der Waals surface area (Å²) in [6.45, 7) is 1.86. The molecule has 4 aliphatic rings. The van der Waals surface area contributed by atoms with E-state index in [0.717, 1.165) is 25.0 Å². The van der Waals surface area contributed by atoms with Gasteiger partial charge in [-0.2, -0.15) is 19.9 Å². The van der Waals surface area contributed by atoms with Gasteiger partial charge in [0, 0.05) is 13.1 Å². The highest BCUT2D eigenvalue weighted by Crippen LogP contribution is 2.60. The number of aryl methyl sites for hydroxylation is 2. The molecular formula is C21H25N7O2. The molecule has 0 saturated heterocycles. The van der Waals surface area contributed by atoms with Crippen LogP contribution in [0.1, 0.15) is 44.2 Å². The number of hydrogen-bond donors (Lipinski definition) is 2. The molecule has 4 saturated carbocycles. The maximum Gasteiger partial charge on any atom is 0.263 e. The van der Waals surface area contributed by atoms with E-state index in [2.05, 4.69) is 25.5 Å². The number of hydrogen-bond acceptors (Lipinski definition) is 5. The standard InChI is InChI=1S/C21H25N7O2/c1-11-3-16(23-19(30)21-7-12-4-13(8-21)6-14(5-12)9-21)28(26-11)20-24-17-15(18(29)25-20)10-22-27(17)2/h3,10,12-14H,4-9H2,1-2H3,(H,23,30)(H,24,25,29). The normalized spacial score (nSPS) is 29.6. The van der Waals surface area contributed by atoms with Crippen LogP contribution in [-0.4, -0.2) is 35.4 Å². The summed E-state index contributed by atoms with van der Waals surface area (Å²) in [5, 5.41) is 12.2. The molecule has 1 amide bonds. The highest BCUT2D eigenvalue weighted by atomic mass is 16.2. The summed E-state index contributed by atoms with van der Waals surface area (Å²) in [4.78, 5) is 33.3.